The second-order valence-corrected chi connectivity index (χ2v) is 6.87. The lowest BCUT2D eigenvalue weighted by Crippen LogP contribution is -2.45. The number of hydrogen-bond acceptors (Lipinski definition) is 3. The van der Waals surface area contributed by atoms with Gasteiger partial charge in [-0.15, -0.1) is 0 Å². The first-order valence-corrected chi connectivity index (χ1v) is 9.29. The summed E-state index contributed by atoms with van der Waals surface area (Å²) >= 11 is 0. The molecular formula is C22H27NO3. The van der Waals surface area contributed by atoms with Crippen molar-refractivity contribution >= 4 is 5.91 Å². The Labute approximate surface area is 155 Å². The lowest BCUT2D eigenvalue weighted by atomic mass is 9.90. The van der Waals surface area contributed by atoms with E-state index in [4.69, 9.17) is 9.47 Å². The Morgan fingerprint density at radius 1 is 1.04 bits per heavy atom. The van der Waals surface area contributed by atoms with Crippen molar-refractivity contribution in [2.24, 2.45) is 5.92 Å². The minimum Gasteiger partial charge on any atom is -0.493 e. The highest BCUT2D eigenvalue weighted by atomic mass is 16.5. The Bertz CT molecular complexity index is 708. The Morgan fingerprint density at radius 3 is 2.31 bits per heavy atom. The van der Waals surface area contributed by atoms with Crippen LogP contribution in [0.4, 0.5) is 0 Å². The second kappa shape index (κ2) is 8.75. The Morgan fingerprint density at radius 2 is 1.65 bits per heavy atom. The largest absolute Gasteiger partial charge is 0.493 e. The molecular weight excluding hydrogens is 326 g/mol. The minimum absolute atomic E-state index is 0.0501. The van der Waals surface area contributed by atoms with Crippen LogP contribution in [0.5, 0.6) is 11.5 Å². The summed E-state index contributed by atoms with van der Waals surface area (Å²) in [5.41, 5.74) is 1.38. The first-order chi connectivity index (χ1) is 12.7. The molecule has 26 heavy (non-hydrogen) atoms. The Balaban J connectivity index is 1.51. The maximum absolute atomic E-state index is 12.7. The molecule has 0 radical (unpaired) electrons. The van der Waals surface area contributed by atoms with Crippen LogP contribution in [-0.2, 0) is 11.2 Å². The van der Waals surface area contributed by atoms with Crippen LogP contribution in [0.3, 0.4) is 0 Å². The van der Waals surface area contributed by atoms with Gasteiger partial charge in [0.2, 0.25) is 0 Å². The molecule has 1 amide bonds. The van der Waals surface area contributed by atoms with Gasteiger partial charge >= 0.3 is 0 Å². The molecule has 4 heteroatoms. The zero-order chi connectivity index (χ0) is 18.4. The molecule has 0 aromatic heterocycles. The van der Waals surface area contributed by atoms with Crippen molar-refractivity contribution in [3.63, 3.8) is 0 Å². The van der Waals surface area contributed by atoms with E-state index in [0.29, 0.717) is 17.4 Å². The SMILES string of the molecule is COc1ccccc1O[C@H](C)C(=O)N1CCC(Cc2ccccc2)CC1. The van der Waals surface area contributed by atoms with Crippen LogP contribution in [-0.4, -0.2) is 37.1 Å². The maximum Gasteiger partial charge on any atom is 0.263 e. The molecule has 0 unspecified atom stereocenters. The molecule has 0 aliphatic carbocycles. The van der Waals surface area contributed by atoms with Gasteiger partial charge in [0.05, 0.1) is 7.11 Å². The van der Waals surface area contributed by atoms with Gasteiger partial charge in [-0.1, -0.05) is 42.5 Å². The summed E-state index contributed by atoms with van der Waals surface area (Å²) in [4.78, 5) is 14.7. The van der Waals surface area contributed by atoms with E-state index in [2.05, 4.69) is 24.3 Å². The lowest BCUT2D eigenvalue weighted by Gasteiger charge is -2.33. The fraction of sp³-hybridized carbons (Fsp3) is 0.409. The van der Waals surface area contributed by atoms with Crippen molar-refractivity contribution in [2.75, 3.05) is 20.2 Å². The summed E-state index contributed by atoms with van der Waals surface area (Å²) in [6, 6.07) is 18.0. The normalized spacial score (nSPS) is 16.2. The van der Waals surface area contributed by atoms with Gasteiger partial charge in [-0.05, 0) is 49.8 Å². The van der Waals surface area contributed by atoms with E-state index in [1.54, 1.807) is 7.11 Å². The molecule has 4 nitrogen and oxygen atoms in total. The molecule has 138 valence electrons. The minimum atomic E-state index is -0.517. The summed E-state index contributed by atoms with van der Waals surface area (Å²) in [5.74, 6) is 1.95. The summed E-state index contributed by atoms with van der Waals surface area (Å²) < 4.78 is 11.1. The number of piperidine rings is 1. The van der Waals surface area contributed by atoms with Crippen molar-refractivity contribution < 1.29 is 14.3 Å². The van der Waals surface area contributed by atoms with E-state index in [1.807, 2.05) is 42.2 Å². The summed E-state index contributed by atoms with van der Waals surface area (Å²) in [6.45, 7) is 3.41. The van der Waals surface area contributed by atoms with E-state index in [9.17, 15) is 4.79 Å². The predicted octanol–water partition coefficient (Wildman–Crippen LogP) is 3.94. The molecule has 2 aromatic carbocycles. The summed E-state index contributed by atoms with van der Waals surface area (Å²) in [7, 11) is 1.60. The second-order valence-electron chi connectivity index (χ2n) is 6.87. The molecule has 2 aromatic rings. The van der Waals surface area contributed by atoms with Gasteiger partial charge in [-0.3, -0.25) is 4.79 Å². The predicted molar refractivity (Wildman–Crippen MR) is 103 cm³/mol. The Hall–Kier alpha value is -2.49. The van der Waals surface area contributed by atoms with E-state index in [0.717, 1.165) is 32.4 Å². The van der Waals surface area contributed by atoms with E-state index >= 15 is 0 Å². The molecule has 1 aliphatic heterocycles. The quantitative estimate of drug-likeness (QED) is 0.789. The van der Waals surface area contributed by atoms with Crippen molar-refractivity contribution in [1.29, 1.82) is 0 Å². The molecule has 1 saturated heterocycles. The number of rotatable bonds is 6. The number of amides is 1. The Kier molecular flexibility index (Phi) is 6.16. The number of nitrogens with zero attached hydrogens (tertiary/aromatic N) is 1. The zero-order valence-corrected chi connectivity index (χ0v) is 15.6. The number of carbonyl (C=O) groups is 1. The van der Waals surface area contributed by atoms with E-state index in [1.165, 1.54) is 5.56 Å². The van der Waals surface area contributed by atoms with Crippen molar-refractivity contribution in [1.82, 2.24) is 4.90 Å². The van der Waals surface area contributed by atoms with Crippen molar-refractivity contribution in [3.05, 3.63) is 60.2 Å². The topological polar surface area (TPSA) is 38.8 Å². The number of ether oxygens (including phenoxy) is 2. The fourth-order valence-electron chi connectivity index (χ4n) is 3.52. The third kappa shape index (κ3) is 4.57. The van der Waals surface area contributed by atoms with Gasteiger partial charge < -0.3 is 14.4 Å². The number of likely N-dealkylation sites (tertiary alicyclic amines) is 1. The maximum atomic E-state index is 12.7. The van der Waals surface area contributed by atoms with E-state index < -0.39 is 6.10 Å². The molecule has 1 fully saturated rings. The fourth-order valence-corrected chi connectivity index (χ4v) is 3.52. The molecule has 0 saturated carbocycles. The monoisotopic (exact) mass is 353 g/mol. The molecule has 0 spiro atoms. The van der Waals surface area contributed by atoms with Crippen molar-refractivity contribution in [2.45, 2.75) is 32.3 Å². The smallest absolute Gasteiger partial charge is 0.263 e. The lowest BCUT2D eigenvalue weighted by molar-refractivity contribution is -0.139. The van der Waals surface area contributed by atoms with Crippen LogP contribution in [0.15, 0.2) is 54.6 Å². The standard InChI is InChI=1S/C22H27NO3/c1-17(26-21-11-7-6-10-20(21)25-2)22(24)23-14-12-19(13-15-23)16-18-8-4-3-5-9-18/h3-11,17,19H,12-16H2,1-2H3/t17-/m1/s1. The van der Waals surface area contributed by atoms with Crippen LogP contribution >= 0.6 is 0 Å². The molecule has 1 atom stereocenters. The average Bonchev–Trinajstić information content (AvgIpc) is 2.69. The van der Waals surface area contributed by atoms with E-state index in [-0.39, 0.29) is 5.91 Å². The third-order valence-corrected chi connectivity index (χ3v) is 5.01. The first-order valence-electron chi connectivity index (χ1n) is 9.29. The van der Waals surface area contributed by atoms with Crippen LogP contribution in [0.1, 0.15) is 25.3 Å². The van der Waals surface area contributed by atoms with Crippen LogP contribution in [0.2, 0.25) is 0 Å². The van der Waals surface area contributed by atoms with Gasteiger partial charge in [-0.25, -0.2) is 0 Å². The third-order valence-electron chi connectivity index (χ3n) is 5.01. The van der Waals surface area contributed by atoms with Gasteiger partial charge in [0, 0.05) is 13.1 Å². The number of benzene rings is 2. The average molecular weight is 353 g/mol. The highest BCUT2D eigenvalue weighted by Gasteiger charge is 2.27. The highest BCUT2D eigenvalue weighted by Crippen LogP contribution is 2.28. The molecule has 1 aliphatic rings. The highest BCUT2D eigenvalue weighted by molar-refractivity contribution is 5.81. The molecule has 3 rings (SSSR count). The van der Waals surface area contributed by atoms with Crippen LogP contribution in [0, 0.1) is 5.92 Å². The number of para-hydroxylation sites is 2. The molecule has 0 bridgehead atoms. The van der Waals surface area contributed by atoms with Gasteiger partial charge in [0.1, 0.15) is 0 Å². The van der Waals surface area contributed by atoms with Crippen molar-refractivity contribution in [3.8, 4) is 11.5 Å². The van der Waals surface area contributed by atoms with Crippen LogP contribution < -0.4 is 9.47 Å². The summed E-state index contributed by atoms with van der Waals surface area (Å²) in [6.07, 6.45) is 2.66. The summed E-state index contributed by atoms with van der Waals surface area (Å²) in [5, 5.41) is 0. The molecule has 0 N–H and O–H groups in total. The van der Waals surface area contributed by atoms with Gasteiger partial charge in [0.15, 0.2) is 17.6 Å². The van der Waals surface area contributed by atoms with Gasteiger partial charge in [0.25, 0.3) is 5.91 Å². The van der Waals surface area contributed by atoms with Gasteiger partial charge in [-0.2, -0.15) is 0 Å². The number of hydrogen-bond donors (Lipinski definition) is 0. The first kappa shape index (κ1) is 18.3. The number of methoxy groups -OCH3 is 1. The number of carbonyl (C=O) groups excluding carboxylic acids is 1. The van der Waals surface area contributed by atoms with Crippen LogP contribution in [0.25, 0.3) is 0 Å². The zero-order valence-electron chi connectivity index (χ0n) is 15.6. The molecule has 1 heterocycles.